The quantitative estimate of drug-likeness (QED) is 0.739. The van der Waals surface area contributed by atoms with Crippen molar-refractivity contribution in [3.63, 3.8) is 0 Å². The summed E-state index contributed by atoms with van der Waals surface area (Å²) in [7, 11) is 0. The minimum absolute atomic E-state index is 0.0448. The minimum Gasteiger partial charge on any atom is -0.336 e. The second kappa shape index (κ2) is 5.44. The van der Waals surface area contributed by atoms with Crippen molar-refractivity contribution in [1.82, 2.24) is 14.8 Å². The van der Waals surface area contributed by atoms with Crippen molar-refractivity contribution in [3.8, 4) is 0 Å². The second-order valence-electron chi connectivity index (χ2n) is 5.91. The highest BCUT2D eigenvalue weighted by atomic mass is 19.2. The van der Waals surface area contributed by atoms with Crippen LogP contribution in [0.2, 0.25) is 0 Å². The molecule has 4 nitrogen and oxygen atoms in total. The van der Waals surface area contributed by atoms with Crippen molar-refractivity contribution >= 4 is 5.91 Å². The molecule has 0 spiro atoms. The molecule has 2 heterocycles. The highest BCUT2D eigenvalue weighted by molar-refractivity contribution is 5.94. The Morgan fingerprint density at radius 2 is 1.80 bits per heavy atom. The summed E-state index contributed by atoms with van der Waals surface area (Å²) < 4.78 is 26.6. The van der Waals surface area contributed by atoms with Crippen molar-refractivity contribution in [1.29, 1.82) is 0 Å². The van der Waals surface area contributed by atoms with E-state index in [4.69, 9.17) is 0 Å². The predicted octanol–water partition coefficient (Wildman–Crippen LogP) is 1.92. The maximum absolute atomic E-state index is 13.6. The van der Waals surface area contributed by atoms with Crippen LogP contribution in [0.3, 0.4) is 0 Å². The lowest BCUT2D eigenvalue weighted by Gasteiger charge is -2.42. The van der Waals surface area contributed by atoms with Crippen LogP contribution in [0.4, 0.5) is 8.78 Å². The molecule has 0 bridgehead atoms. The average Bonchev–Trinajstić information content (AvgIpc) is 2.40. The van der Waals surface area contributed by atoms with E-state index in [2.05, 4.69) is 30.7 Å². The Labute approximate surface area is 117 Å². The van der Waals surface area contributed by atoms with Gasteiger partial charge in [0.25, 0.3) is 5.91 Å². The van der Waals surface area contributed by atoms with Crippen molar-refractivity contribution in [2.75, 3.05) is 26.2 Å². The lowest BCUT2D eigenvalue weighted by molar-refractivity contribution is 0.0446. The molecule has 6 heteroatoms. The molecule has 0 N–H and O–H groups in total. The normalized spacial score (nSPS) is 17.4. The first-order valence-electron chi connectivity index (χ1n) is 6.65. The molecule has 1 amide bonds. The van der Waals surface area contributed by atoms with Crippen molar-refractivity contribution in [3.05, 3.63) is 29.6 Å². The Bertz CT molecular complexity index is 506. The smallest absolute Gasteiger partial charge is 0.257 e. The maximum atomic E-state index is 13.6. The zero-order valence-corrected chi connectivity index (χ0v) is 12.0. The molecule has 1 aliphatic rings. The van der Waals surface area contributed by atoms with E-state index in [1.165, 1.54) is 6.07 Å². The molecule has 0 aromatic carbocycles. The molecule has 1 aromatic heterocycles. The van der Waals surface area contributed by atoms with Crippen LogP contribution in [0.15, 0.2) is 12.3 Å². The van der Waals surface area contributed by atoms with Gasteiger partial charge in [-0.15, -0.1) is 0 Å². The van der Waals surface area contributed by atoms with E-state index >= 15 is 0 Å². The third-order valence-corrected chi connectivity index (χ3v) is 3.59. The highest BCUT2D eigenvalue weighted by Gasteiger charge is 2.29. The molecular weight excluding hydrogens is 264 g/mol. The van der Waals surface area contributed by atoms with Crippen LogP contribution in [0.25, 0.3) is 0 Å². The minimum atomic E-state index is -1.23. The molecule has 0 unspecified atom stereocenters. The van der Waals surface area contributed by atoms with Gasteiger partial charge in [0.1, 0.15) is 0 Å². The van der Waals surface area contributed by atoms with Gasteiger partial charge in [0.05, 0.1) is 5.56 Å². The zero-order valence-electron chi connectivity index (χ0n) is 12.0. The largest absolute Gasteiger partial charge is 0.336 e. The molecular formula is C14H19F2N3O. The van der Waals surface area contributed by atoms with Crippen molar-refractivity contribution < 1.29 is 13.6 Å². The van der Waals surface area contributed by atoms with E-state index in [9.17, 15) is 13.6 Å². The zero-order chi connectivity index (χ0) is 14.9. The molecule has 20 heavy (non-hydrogen) atoms. The first-order valence-corrected chi connectivity index (χ1v) is 6.65. The number of carbonyl (C=O) groups is 1. The second-order valence-corrected chi connectivity index (χ2v) is 5.91. The van der Waals surface area contributed by atoms with Crippen LogP contribution in [-0.4, -0.2) is 52.4 Å². The Morgan fingerprint density at radius 3 is 2.35 bits per heavy atom. The molecule has 1 fully saturated rings. The summed E-state index contributed by atoms with van der Waals surface area (Å²) in [6, 6.07) is 1.22. The van der Waals surface area contributed by atoms with Crippen LogP contribution in [0, 0.1) is 11.8 Å². The van der Waals surface area contributed by atoms with Gasteiger partial charge in [0.2, 0.25) is 5.95 Å². The summed E-state index contributed by atoms with van der Waals surface area (Å²) in [6.45, 7) is 8.82. The van der Waals surface area contributed by atoms with Gasteiger partial charge in [-0.3, -0.25) is 9.69 Å². The van der Waals surface area contributed by atoms with Gasteiger partial charge in [-0.2, -0.15) is 4.39 Å². The molecule has 0 aliphatic carbocycles. The topological polar surface area (TPSA) is 36.4 Å². The summed E-state index contributed by atoms with van der Waals surface area (Å²) >= 11 is 0. The molecule has 0 atom stereocenters. The van der Waals surface area contributed by atoms with E-state index in [-0.39, 0.29) is 11.1 Å². The van der Waals surface area contributed by atoms with Crippen LogP contribution < -0.4 is 0 Å². The number of aromatic nitrogens is 1. The summed E-state index contributed by atoms with van der Waals surface area (Å²) in [5.41, 5.74) is -0.204. The lowest BCUT2D eigenvalue weighted by Crippen LogP contribution is -2.54. The van der Waals surface area contributed by atoms with Gasteiger partial charge in [0.15, 0.2) is 5.82 Å². The van der Waals surface area contributed by atoms with E-state index in [0.29, 0.717) is 13.1 Å². The monoisotopic (exact) mass is 283 g/mol. The average molecular weight is 283 g/mol. The number of amides is 1. The van der Waals surface area contributed by atoms with Crippen molar-refractivity contribution in [2.24, 2.45) is 0 Å². The van der Waals surface area contributed by atoms with Gasteiger partial charge in [0, 0.05) is 37.9 Å². The molecule has 0 saturated carbocycles. The molecule has 1 aromatic rings. The molecule has 2 rings (SSSR count). The number of hydrogen-bond donors (Lipinski definition) is 0. The lowest BCUT2D eigenvalue weighted by atomic mass is 10.0. The van der Waals surface area contributed by atoms with E-state index in [0.717, 1.165) is 19.3 Å². The van der Waals surface area contributed by atoms with E-state index in [1.54, 1.807) is 4.90 Å². The molecule has 0 radical (unpaired) electrons. The van der Waals surface area contributed by atoms with Crippen LogP contribution in [0.5, 0.6) is 0 Å². The number of rotatable bonds is 1. The fraction of sp³-hybridized carbons (Fsp3) is 0.571. The van der Waals surface area contributed by atoms with E-state index < -0.39 is 17.7 Å². The number of carbonyl (C=O) groups excluding carboxylic acids is 1. The van der Waals surface area contributed by atoms with Crippen LogP contribution in [-0.2, 0) is 0 Å². The maximum Gasteiger partial charge on any atom is 0.257 e. The fourth-order valence-corrected chi connectivity index (χ4v) is 2.33. The molecule has 1 aliphatic heterocycles. The fourth-order valence-electron chi connectivity index (χ4n) is 2.33. The third-order valence-electron chi connectivity index (χ3n) is 3.59. The van der Waals surface area contributed by atoms with Gasteiger partial charge in [-0.1, -0.05) is 0 Å². The Kier molecular flexibility index (Phi) is 4.04. The first kappa shape index (κ1) is 14.8. The van der Waals surface area contributed by atoms with Gasteiger partial charge < -0.3 is 4.90 Å². The first-order chi connectivity index (χ1) is 9.30. The van der Waals surface area contributed by atoms with Gasteiger partial charge in [-0.05, 0) is 26.8 Å². The number of hydrogen-bond acceptors (Lipinski definition) is 3. The SMILES string of the molecule is CC(C)(C)N1CCN(C(=O)c2ccnc(F)c2F)CC1. The van der Waals surface area contributed by atoms with E-state index in [1.807, 2.05) is 0 Å². The molecule has 1 saturated heterocycles. The Hall–Kier alpha value is -1.56. The summed E-state index contributed by atoms with van der Waals surface area (Å²) in [5, 5.41) is 0. The van der Waals surface area contributed by atoms with Crippen LogP contribution in [0.1, 0.15) is 31.1 Å². The van der Waals surface area contributed by atoms with Crippen molar-refractivity contribution in [2.45, 2.75) is 26.3 Å². The van der Waals surface area contributed by atoms with Gasteiger partial charge in [-0.25, -0.2) is 9.37 Å². The Balaban J connectivity index is 2.07. The predicted molar refractivity (Wildman–Crippen MR) is 71.4 cm³/mol. The number of pyridine rings is 1. The summed E-state index contributed by atoms with van der Waals surface area (Å²) in [6.07, 6.45) is 1.11. The molecule has 110 valence electrons. The standard InChI is InChI=1S/C14H19F2N3O/c1-14(2,3)19-8-6-18(7-9-19)13(20)10-4-5-17-12(16)11(10)15/h4-5H,6-9H2,1-3H3. The number of nitrogens with zero attached hydrogens (tertiary/aromatic N) is 3. The summed E-state index contributed by atoms with van der Waals surface area (Å²) in [5.74, 6) is -2.88. The van der Waals surface area contributed by atoms with Crippen LogP contribution >= 0.6 is 0 Å². The number of halogens is 2. The third kappa shape index (κ3) is 2.95. The van der Waals surface area contributed by atoms with Gasteiger partial charge >= 0.3 is 0 Å². The summed E-state index contributed by atoms with van der Waals surface area (Å²) in [4.78, 5) is 19.2. The number of piperazine rings is 1. The highest BCUT2D eigenvalue weighted by Crippen LogP contribution is 2.18. The Morgan fingerprint density at radius 1 is 1.20 bits per heavy atom.